The van der Waals surface area contributed by atoms with Gasteiger partial charge in [-0.2, -0.15) is 0 Å². The summed E-state index contributed by atoms with van der Waals surface area (Å²) in [6, 6.07) is 19.0. The number of carbonyl (C=O) groups excluding carboxylic acids is 2. The van der Waals surface area contributed by atoms with Gasteiger partial charge in [0, 0.05) is 35.5 Å². The van der Waals surface area contributed by atoms with Gasteiger partial charge >= 0.3 is 0 Å². The molecule has 172 valence electrons. The molecule has 0 saturated heterocycles. The number of hydrogen-bond donors (Lipinski definition) is 2. The van der Waals surface area contributed by atoms with E-state index in [0.29, 0.717) is 19.6 Å². The molecule has 1 amide bonds. The standard InChI is InChI=1S/C11H12N4O.C9H7ClO.C2H6N4/c12-15-14-9-8-13-11(16)7-6-10-4-2-1-3-5-10;10-9(11)7-6-8-4-2-1-3-5-8;3-1-2-5-6-4/h1-7H,8-9H2,(H,13,16);1-7H;1-3H2/b2*7-6+;. The Morgan fingerprint density at radius 1 is 0.879 bits per heavy atom. The van der Waals surface area contributed by atoms with Crippen molar-refractivity contribution in [3.8, 4) is 0 Å². The summed E-state index contributed by atoms with van der Waals surface area (Å²) in [5.41, 5.74) is 22.5. The molecule has 0 radical (unpaired) electrons. The summed E-state index contributed by atoms with van der Waals surface area (Å²) < 4.78 is 0. The molecule has 0 unspecified atom stereocenters. The SMILES string of the molecule is O=C(Cl)/C=C/c1ccccc1.[N-]=[N+]=NCCN.[N-]=[N+]=NCCNC(=O)/C=C/c1ccccc1. The van der Waals surface area contributed by atoms with Crippen LogP contribution in [0.25, 0.3) is 33.0 Å². The third-order valence-electron chi connectivity index (χ3n) is 3.30. The molecule has 33 heavy (non-hydrogen) atoms. The lowest BCUT2D eigenvalue weighted by Gasteiger charge is -1.97. The fraction of sp³-hybridized carbons (Fsp3) is 0.182. The molecule has 0 fully saturated rings. The van der Waals surface area contributed by atoms with E-state index in [2.05, 4.69) is 25.4 Å². The van der Waals surface area contributed by atoms with Gasteiger partial charge in [-0.1, -0.05) is 77.0 Å². The van der Waals surface area contributed by atoms with Gasteiger partial charge in [-0.05, 0) is 52.5 Å². The van der Waals surface area contributed by atoms with Crippen molar-refractivity contribution in [3.05, 3.63) is 105 Å². The number of azide groups is 2. The molecule has 2 rings (SSSR count). The molecule has 10 nitrogen and oxygen atoms in total. The zero-order valence-corrected chi connectivity index (χ0v) is 18.6. The minimum atomic E-state index is -0.450. The van der Waals surface area contributed by atoms with Crippen LogP contribution in [-0.2, 0) is 9.59 Å². The fourth-order valence-corrected chi connectivity index (χ4v) is 1.96. The molecule has 0 aliphatic carbocycles. The van der Waals surface area contributed by atoms with Crippen molar-refractivity contribution in [2.75, 3.05) is 26.2 Å². The number of nitrogens with one attached hydrogen (secondary N) is 1. The number of nitrogens with zero attached hydrogens (tertiary/aromatic N) is 6. The van der Waals surface area contributed by atoms with Crippen molar-refractivity contribution in [3.63, 3.8) is 0 Å². The van der Waals surface area contributed by atoms with E-state index >= 15 is 0 Å². The normalized spacial score (nSPS) is 9.39. The van der Waals surface area contributed by atoms with Crippen LogP contribution in [0.2, 0.25) is 0 Å². The van der Waals surface area contributed by atoms with Crippen LogP contribution in [-0.4, -0.2) is 37.3 Å². The summed E-state index contributed by atoms with van der Waals surface area (Å²) in [6.07, 6.45) is 6.18. The summed E-state index contributed by atoms with van der Waals surface area (Å²) in [5, 5.41) is 8.60. The lowest BCUT2D eigenvalue weighted by molar-refractivity contribution is -0.116. The van der Waals surface area contributed by atoms with Crippen molar-refractivity contribution in [1.29, 1.82) is 0 Å². The van der Waals surface area contributed by atoms with E-state index in [1.807, 2.05) is 60.7 Å². The predicted octanol–water partition coefficient (Wildman–Crippen LogP) is 4.85. The van der Waals surface area contributed by atoms with Gasteiger partial charge in [-0.25, -0.2) is 0 Å². The van der Waals surface area contributed by atoms with E-state index in [1.54, 1.807) is 12.2 Å². The minimum absolute atomic E-state index is 0.197. The Kier molecular flexibility index (Phi) is 18.6. The van der Waals surface area contributed by atoms with E-state index in [0.717, 1.165) is 11.1 Å². The first kappa shape index (κ1) is 28.9. The number of halogens is 1. The number of amides is 1. The maximum absolute atomic E-state index is 11.2. The molecule has 0 atom stereocenters. The van der Waals surface area contributed by atoms with Gasteiger partial charge in [0.25, 0.3) is 0 Å². The first-order valence-electron chi connectivity index (χ1n) is 9.68. The smallest absolute Gasteiger partial charge is 0.245 e. The van der Waals surface area contributed by atoms with Crippen LogP contribution in [0.5, 0.6) is 0 Å². The Labute approximate surface area is 197 Å². The highest BCUT2D eigenvalue weighted by atomic mass is 35.5. The first-order chi connectivity index (χ1) is 16.0. The Hall–Kier alpha value is -4.07. The van der Waals surface area contributed by atoms with Gasteiger partial charge in [0.1, 0.15) is 0 Å². The van der Waals surface area contributed by atoms with Crippen molar-refractivity contribution in [2.45, 2.75) is 0 Å². The Bertz CT molecular complexity index is 968. The maximum atomic E-state index is 11.2. The number of hydrogen-bond acceptors (Lipinski definition) is 5. The molecule has 0 saturated carbocycles. The van der Waals surface area contributed by atoms with Gasteiger partial charge < -0.3 is 11.1 Å². The van der Waals surface area contributed by atoms with Gasteiger partial charge in [-0.15, -0.1) is 0 Å². The summed E-state index contributed by atoms with van der Waals surface area (Å²) in [6.45, 7) is 1.45. The molecular weight excluding hydrogens is 444 g/mol. The molecule has 2 aromatic rings. The second kappa shape index (κ2) is 21.2. The van der Waals surface area contributed by atoms with Gasteiger partial charge in [0.2, 0.25) is 11.1 Å². The van der Waals surface area contributed by atoms with E-state index in [9.17, 15) is 9.59 Å². The molecule has 0 spiro atoms. The average molecular weight is 469 g/mol. The van der Waals surface area contributed by atoms with Crippen molar-refractivity contribution in [2.24, 2.45) is 16.0 Å². The quantitative estimate of drug-likeness (QED) is 0.134. The molecule has 0 heterocycles. The highest BCUT2D eigenvalue weighted by molar-refractivity contribution is 6.66. The number of benzene rings is 2. The lowest BCUT2D eigenvalue weighted by Crippen LogP contribution is -2.23. The second-order valence-corrected chi connectivity index (χ2v) is 6.15. The number of allylic oxidation sites excluding steroid dienone is 1. The van der Waals surface area contributed by atoms with Crippen LogP contribution in [0, 0.1) is 0 Å². The monoisotopic (exact) mass is 468 g/mol. The highest BCUT2D eigenvalue weighted by Crippen LogP contribution is 2.01. The number of rotatable bonds is 9. The zero-order chi connectivity index (χ0) is 24.6. The number of nitrogens with two attached hydrogens (primary N) is 1. The van der Waals surface area contributed by atoms with E-state index in [1.165, 1.54) is 12.2 Å². The predicted molar refractivity (Wildman–Crippen MR) is 132 cm³/mol. The molecule has 11 heteroatoms. The van der Waals surface area contributed by atoms with E-state index < -0.39 is 5.24 Å². The average Bonchev–Trinajstić information content (AvgIpc) is 2.85. The van der Waals surface area contributed by atoms with Crippen LogP contribution in [0.3, 0.4) is 0 Å². The number of carbonyl (C=O) groups is 2. The first-order valence-corrected chi connectivity index (χ1v) is 10.1. The van der Waals surface area contributed by atoms with Crippen molar-refractivity contribution in [1.82, 2.24) is 5.32 Å². The third-order valence-corrected chi connectivity index (χ3v) is 3.43. The van der Waals surface area contributed by atoms with Crippen LogP contribution >= 0.6 is 11.6 Å². The Balaban J connectivity index is 0.000000520. The van der Waals surface area contributed by atoms with Crippen LogP contribution < -0.4 is 11.1 Å². The maximum Gasteiger partial charge on any atom is 0.245 e. The molecule has 0 aromatic heterocycles. The molecule has 0 aliphatic rings. The fourth-order valence-electron chi connectivity index (χ4n) is 1.90. The summed E-state index contributed by atoms with van der Waals surface area (Å²) in [7, 11) is 0. The topological polar surface area (TPSA) is 170 Å². The van der Waals surface area contributed by atoms with Crippen molar-refractivity contribution < 1.29 is 9.59 Å². The largest absolute Gasteiger partial charge is 0.352 e. The summed E-state index contributed by atoms with van der Waals surface area (Å²) in [5.74, 6) is -0.197. The zero-order valence-electron chi connectivity index (χ0n) is 17.9. The summed E-state index contributed by atoms with van der Waals surface area (Å²) in [4.78, 5) is 26.6. The van der Waals surface area contributed by atoms with Crippen LogP contribution in [0.1, 0.15) is 11.1 Å². The van der Waals surface area contributed by atoms with E-state index in [-0.39, 0.29) is 12.5 Å². The molecule has 0 bridgehead atoms. The second-order valence-electron chi connectivity index (χ2n) is 5.78. The Morgan fingerprint density at radius 3 is 1.79 bits per heavy atom. The highest BCUT2D eigenvalue weighted by Gasteiger charge is 1.92. The van der Waals surface area contributed by atoms with Crippen LogP contribution in [0.15, 0.2) is 83.0 Å². The van der Waals surface area contributed by atoms with Gasteiger partial charge in [0.15, 0.2) is 0 Å². The molecule has 0 aliphatic heterocycles. The van der Waals surface area contributed by atoms with E-state index in [4.69, 9.17) is 28.4 Å². The molecule has 3 N–H and O–H groups in total. The van der Waals surface area contributed by atoms with Crippen molar-refractivity contribution >= 4 is 34.9 Å². The summed E-state index contributed by atoms with van der Waals surface area (Å²) >= 11 is 5.10. The third kappa shape index (κ3) is 19.6. The Morgan fingerprint density at radius 2 is 1.36 bits per heavy atom. The van der Waals surface area contributed by atoms with Gasteiger partial charge in [-0.3, -0.25) is 9.59 Å². The molecule has 2 aromatic carbocycles. The molecular formula is C22H25ClN8O2. The van der Waals surface area contributed by atoms with Gasteiger partial charge in [0.05, 0.1) is 0 Å². The minimum Gasteiger partial charge on any atom is -0.352 e. The lowest BCUT2D eigenvalue weighted by atomic mass is 10.2. The van der Waals surface area contributed by atoms with Crippen LogP contribution in [0.4, 0.5) is 0 Å².